The van der Waals surface area contributed by atoms with Crippen molar-refractivity contribution in [1.82, 2.24) is 9.80 Å². The number of hydrogen-bond donors (Lipinski definition) is 0. The van der Waals surface area contributed by atoms with Crippen molar-refractivity contribution in [2.45, 2.75) is 31.9 Å². The highest BCUT2D eigenvalue weighted by Gasteiger charge is 2.34. The smallest absolute Gasteiger partial charge is 0.332 e. The number of hydrogen-bond acceptors (Lipinski definition) is 5. The first-order valence-corrected chi connectivity index (χ1v) is 6.89. The minimum Gasteiger partial charge on any atom is -0.464 e. The first-order chi connectivity index (χ1) is 8.69. The largest absolute Gasteiger partial charge is 0.464 e. The zero-order valence-electron chi connectivity index (χ0n) is 11.4. The van der Waals surface area contributed by atoms with Gasteiger partial charge in [-0.2, -0.15) is 0 Å². The summed E-state index contributed by atoms with van der Waals surface area (Å²) in [5.41, 5.74) is 0. The van der Waals surface area contributed by atoms with Crippen molar-refractivity contribution in [2.75, 3.05) is 46.4 Å². The van der Waals surface area contributed by atoms with E-state index in [2.05, 4.69) is 16.8 Å². The molecular weight excluding hydrogens is 232 g/mol. The third kappa shape index (κ3) is 3.67. The summed E-state index contributed by atoms with van der Waals surface area (Å²) < 4.78 is 10.3. The molecular formula is C13H24N2O3. The molecule has 0 saturated carbocycles. The van der Waals surface area contributed by atoms with Gasteiger partial charge in [-0.3, -0.25) is 4.90 Å². The average molecular weight is 256 g/mol. The monoisotopic (exact) mass is 256 g/mol. The molecule has 0 radical (unpaired) electrons. The number of rotatable bonds is 5. The zero-order valence-corrected chi connectivity index (χ0v) is 11.4. The molecule has 2 saturated heterocycles. The molecule has 2 fully saturated rings. The van der Waals surface area contributed by atoms with Gasteiger partial charge in [-0.25, -0.2) is 4.79 Å². The van der Waals surface area contributed by atoms with E-state index in [0.29, 0.717) is 12.6 Å². The lowest BCUT2D eigenvalue weighted by Gasteiger charge is -2.46. The lowest BCUT2D eigenvalue weighted by atomic mass is 9.99. The lowest BCUT2D eigenvalue weighted by Crippen LogP contribution is -2.58. The van der Waals surface area contributed by atoms with Crippen LogP contribution in [-0.2, 0) is 14.3 Å². The summed E-state index contributed by atoms with van der Waals surface area (Å²) in [6, 6.07) is 0.712. The van der Waals surface area contributed by atoms with Crippen LogP contribution in [0.2, 0.25) is 0 Å². The summed E-state index contributed by atoms with van der Waals surface area (Å²) in [5, 5.41) is 0. The zero-order chi connectivity index (χ0) is 13.0. The number of carbonyl (C=O) groups is 1. The van der Waals surface area contributed by atoms with E-state index in [0.717, 1.165) is 13.1 Å². The van der Waals surface area contributed by atoms with Crippen LogP contribution in [0, 0.1) is 0 Å². The van der Waals surface area contributed by atoms with E-state index in [4.69, 9.17) is 9.47 Å². The van der Waals surface area contributed by atoms with E-state index in [1.165, 1.54) is 25.9 Å². The van der Waals surface area contributed by atoms with Crippen LogP contribution in [0.5, 0.6) is 0 Å². The van der Waals surface area contributed by atoms with Gasteiger partial charge in [0.1, 0.15) is 6.61 Å². The number of piperidine rings is 1. The summed E-state index contributed by atoms with van der Waals surface area (Å²) in [6.07, 6.45) is 2.72. The molecule has 0 N–H and O–H groups in total. The molecule has 104 valence electrons. The molecule has 2 heterocycles. The van der Waals surface area contributed by atoms with Gasteiger partial charge in [-0.15, -0.1) is 0 Å². The topological polar surface area (TPSA) is 42.0 Å². The standard InChI is InChI=1S/C13H24N2O3/c1-3-17-13(16)10-18-12-8-15(9-12)11-4-6-14(2)7-5-11/h11-12H,3-10H2,1-2H3. The average Bonchev–Trinajstić information content (AvgIpc) is 2.29. The van der Waals surface area contributed by atoms with E-state index in [1.54, 1.807) is 0 Å². The van der Waals surface area contributed by atoms with Gasteiger partial charge in [0.05, 0.1) is 12.7 Å². The number of carbonyl (C=O) groups excluding carboxylic acids is 1. The maximum Gasteiger partial charge on any atom is 0.332 e. The Kier molecular flexibility index (Phi) is 4.97. The highest BCUT2D eigenvalue weighted by atomic mass is 16.6. The number of nitrogens with zero attached hydrogens (tertiary/aromatic N) is 2. The van der Waals surface area contributed by atoms with Gasteiger partial charge in [-0.1, -0.05) is 0 Å². The van der Waals surface area contributed by atoms with Crippen molar-refractivity contribution in [3.05, 3.63) is 0 Å². The SMILES string of the molecule is CCOC(=O)COC1CN(C2CCN(C)CC2)C1. The second-order valence-electron chi connectivity index (χ2n) is 5.23. The number of ether oxygens (including phenoxy) is 2. The third-order valence-corrected chi connectivity index (χ3v) is 3.82. The predicted molar refractivity (Wildman–Crippen MR) is 68.5 cm³/mol. The van der Waals surface area contributed by atoms with Crippen LogP contribution in [0.1, 0.15) is 19.8 Å². The Morgan fingerprint density at radius 1 is 1.28 bits per heavy atom. The first-order valence-electron chi connectivity index (χ1n) is 6.89. The third-order valence-electron chi connectivity index (χ3n) is 3.82. The quantitative estimate of drug-likeness (QED) is 0.664. The Hall–Kier alpha value is -0.650. The number of esters is 1. The molecule has 5 nitrogen and oxygen atoms in total. The molecule has 0 aromatic rings. The van der Waals surface area contributed by atoms with Crippen molar-refractivity contribution in [2.24, 2.45) is 0 Å². The predicted octanol–water partition coefficient (Wildman–Crippen LogP) is 0.345. The van der Waals surface area contributed by atoms with Crippen molar-refractivity contribution >= 4 is 5.97 Å². The van der Waals surface area contributed by atoms with Crippen molar-refractivity contribution in [3.63, 3.8) is 0 Å². The second kappa shape index (κ2) is 6.50. The molecule has 2 rings (SSSR count). The van der Waals surface area contributed by atoms with E-state index in [-0.39, 0.29) is 18.7 Å². The molecule has 2 aliphatic rings. The van der Waals surface area contributed by atoms with E-state index in [9.17, 15) is 4.79 Å². The summed E-state index contributed by atoms with van der Waals surface area (Å²) in [5.74, 6) is -0.254. The molecule has 0 unspecified atom stereocenters. The van der Waals surface area contributed by atoms with Gasteiger partial charge in [0.2, 0.25) is 0 Å². The summed E-state index contributed by atoms with van der Waals surface area (Å²) >= 11 is 0. The molecule has 0 atom stereocenters. The van der Waals surface area contributed by atoms with E-state index in [1.807, 2.05) is 6.92 Å². The van der Waals surface area contributed by atoms with Crippen LogP contribution in [0.4, 0.5) is 0 Å². The molecule has 5 heteroatoms. The molecule has 0 spiro atoms. The first kappa shape index (κ1) is 13.8. The van der Waals surface area contributed by atoms with E-state index < -0.39 is 0 Å². The maximum atomic E-state index is 11.1. The Balaban J connectivity index is 1.58. The van der Waals surface area contributed by atoms with Gasteiger partial charge in [0.15, 0.2) is 0 Å². The van der Waals surface area contributed by atoms with Crippen molar-refractivity contribution in [1.29, 1.82) is 0 Å². The molecule has 2 aliphatic heterocycles. The van der Waals surface area contributed by atoms with Gasteiger partial charge >= 0.3 is 5.97 Å². The van der Waals surface area contributed by atoms with Gasteiger partial charge < -0.3 is 14.4 Å². The number of likely N-dealkylation sites (tertiary alicyclic amines) is 2. The maximum absolute atomic E-state index is 11.1. The summed E-state index contributed by atoms with van der Waals surface area (Å²) in [7, 11) is 2.18. The van der Waals surface area contributed by atoms with Crippen LogP contribution >= 0.6 is 0 Å². The minimum absolute atomic E-state index is 0.0970. The molecule has 0 aromatic heterocycles. The van der Waals surface area contributed by atoms with Crippen LogP contribution in [0.15, 0.2) is 0 Å². The minimum atomic E-state index is -0.254. The molecule has 0 bridgehead atoms. The Morgan fingerprint density at radius 2 is 1.94 bits per heavy atom. The van der Waals surface area contributed by atoms with Gasteiger partial charge in [0, 0.05) is 19.1 Å². The highest BCUT2D eigenvalue weighted by Crippen LogP contribution is 2.22. The van der Waals surface area contributed by atoms with Crippen molar-refractivity contribution < 1.29 is 14.3 Å². The van der Waals surface area contributed by atoms with Gasteiger partial charge in [0.25, 0.3) is 0 Å². The summed E-state index contributed by atoms with van der Waals surface area (Å²) in [6.45, 7) is 6.64. The van der Waals surface area contributed by atoms with Crippen molar-refractivity contribution in [3.8, 4) is 0 Å². The fourth-order valence-corrected chi connectivity index (χ4v) is 2.62. The fourth-order valence-electron chi connectivity index (χ4n) is 2.62. The molecule has 0 amide bonds. The Bertz CT molecular complexity index is 271. The summed E-state index contributed by atoms with van der Waals surface area (Å²) in [4.78, 5) is 16.0. The Labute approximate surface area is 109 Å². The molecule has 0 aliphatic carbocycles. The van der Waals surface area contributed by atoms with E-state index >= 15 is 0 Å². The van der Waals surface area contributed by atoms with Crippen LogP contribution in [-0.4, -0.2) is 74.4 Å². The molecule has 18 heavy (non-hydrogen) atoms. The van der Waals surface area contributed by atoms with Gasteiger partial charge in [-0.05, 0) is 39.9 Å². The lowest BCUT2D eigenvalue weighted by molar-refractivity contribution is -0.156. The van der Waals surface area contributed by atoms with Crippen LogP contribution in [0.25, 0.3) is 0 Å². The fraction of sp³-hybridized carbons (Fsp3) is 0.923. The normalized spacial score (nSPS) is 23.9. The molecule has 0 aromatic carbocycles. The Morgan fingerprint density at radius 3 is 2.56 bits per heavy atom. The second-order valence-corrected chi connectivity index (χ2v) is 5.23. The highest BCUT2D eigenvalue weighted by molar-refractivity contribution is 5.70. The van der Waals surface area contributed by atoms with Crippen LogP contribution < -0.4 is 0 Å². The van der Waals surface area contributed by atoms with Crippen LogP contribution in [0.3, 0.4) is 0 Å².